The summed E-state index contributed by atoms with van der Waals surface area (Å²) in [6.45, 7) is 4.00. The molecule has 0 aromatic carbocycles. The Kier molecular flexibility index (Phi) is 4.58. The Hall–Kier alpha value is -0.0800. The van der Waals surface area contributed by atoms with Gasteiger partial charge in [0.05, 0.1) is 0 Å². The summed E-state index contributed by atoms with van der Waals surface area (Å²) in [5.41, 5.74) is 0. The van der Waals surface area contributed by atoms with Crippen LogP contribution >= 0.6 is 0 Å². The van der Waals surface area contributed by atoms with E-state index >= 15 is 0 Å². The van der Waals surface area contributed by atoms with Gasteiger partial charge in [0.1, 0.15) is 0 Å². The van der Waals surface area contributed by atoms with E-state index in [4.69, 9.17) is 0 Å². The molecule has 3 rings (SSSR count). The van der Waals surface area contributed by atoms with Crippen molar-refractivity contribution in [2.75, 3.05) is 19.6 Å². The molecule has 2 aliphatic carbocycles. The molecule has 0 radical (unpaired) electrons. The zero-order chi connectivity index (χ0) is 12.2. The molecular formula is C16H30N2. The molecule has 3 aliphatic rings. The lowest BCUT2D eigenvalue weighted by Crippen LogP contribution is -2.41. The van der Waals surface area contributed by atoms with Gasteiger partial charge >= 0.3 is 0 Å². The average Bonchev–Trinajstić information content (AvgIpc) is 3.14. The molecule has 1 N–H and O–H groups in total. The monoisotopic (exact) mass is 250 g/mol. The molecular weight excluding hydrogens is 220 g/mol. The summed E-state index contributed by atoms with van der Waals surface area (Å²) in [5.74, 6) is 1.01. The Morgan fingerprint density at radius 3 is 2.17 bits per heavy atom. The lowest BCUT2D eigenvalue weighted by atomic mass is 9.99. The van der Waals surface area contributed by atoms with E-state index in [0.717, 1.165) is 18.0 Å². The maximum Gasteiger partial charge on any atom is 0.0195 e. The first-order valence-corrected chi connectivity index (χ1v) is 8.39. The van der Waals surface area contributed by atoms with Crippen LogP contribution in [0.25, 0.3) is 0 Å². The van der Waals surface area contributed by atoms with E-state index in [9.17, 15) is 0 Å². The third-order valence-corrected chi connectivity index (χ3v) is 5.15. The Bertz CT molecular complexity index is 235. The fourth-order valence-electron chi connectivity index (χ4n) is 3.89. The molecule has 2 saturated carbocycles. The topological polar surface area (TPSA) is 15.3 Å². The molecule has 0 spiro atoms. The van der Waals surface area contributed by atoms with Crippen LogP contribution in [0.1, 0.15) is 64.2 Å². The van der Waals surface area contributed by atoms with Crippen molar-refractivity contribution in [1.82, 2.24) is 10.2 Å². The molecule has 1 unspecified atom stereocenters. The molecule has 1 atom stereocenters. The first-order valence-electron chi connectivity index (χ1n) is 8.39. The van der Waals surface area contributed by atoms with Gasteiger partial charge in [-0.2, -0.15) is 0 Å². The maximum absolute atomic E-state index is 3.68. The van der Waals surface area contributed by atoms with E-state index in [1.165, 1.54) is 83.8 Å². The van der Waals surface area contributed by atoms with Crippen molar-refractivity contribution in [2.24, 2.45) is 5.92 Å². The van der Waals surface area contributed by atoms with Crippen LogP contribution in [0, 0.1) is 5.92 Å². The maximum atomic E-state index is 3.68. The van der Waals surface area contributed by atoms with E-state index in [2.05, 4.69) is 10.2 Å². The highest BCUT2D eigenvalue weighted by Crippen LogP contribution is 2.31. The third kappa shape index (κ3) is 3.71. The Morgan fingerprint density at radius 1 is 0.778 bits per heavy atom. The minimum absolute atomic E-state index is 0.802. The highest BCUT2D eigenvalue weighted by Gasteiger charge is 2.32. The van der Waals surface area contributed by atoms with Crippen molar-refractivity contribution in [1.29, 1.82) is 0 Å². The van der Waals surface area contributed by atoms with Crippen molar-refractivity contribution >= 4 is 0 Å². The fourth-order valence-corrected chi connectivity index (χ4v) is 3.89. The smallest absolute Gasteiger partial charge is 0.0195 e. The van der Waals surface area contributed by atoms with Crippen LogP contribution in [-0.4, -0.2) is 36.6 Å². The zero-order valence-corrected chi connectivity index (χ0v) is 11.9. The predicted molar refractivity (Wildman–Crippen MR) is 76.8 cm³/mol. The van der Waals surface area contributed by atoms with Crippen molar-refractivity contribution < 1.29 is 0 Å². The molecule has 1 heterocycles. The van der Waals surface area contributed by atoms with E-state index < -0.39 is 0 Å². The SMILES string of the molecule is C1CCCC(CN(CC2CCCN2)C2CC2)CC1. The van der Waals surface area contributed by atoms with Gasteiger partial charge in [0.25, 0.3) is 0 Å². The summed E-state index contributed by atoms with van der Waals surface area (Å²) in [6, 6.07) is 1.76. The summed E-state index contributed by atoms with van der Waals surface area (Å²) in [7, 11) is 0. The predicted octanol–water partition coefficient (Wildman–Crippen LogP) is 3.17. The van der Waals surface area contributed by atoms with E-state index in [0.29, 0.717) is 0 Å². The van der Waals surface area contributed by atoms with Gasteiger partial charge in [-0.15, -0.1) is 0 Å². The van der Waals surface area contributed by atoms with Crippen molar-refractivity contribution in [2.45, 2.75) is 76.3 Å². The van der Waals surface area contributed by atoms with Gasteiger partial charge in [-0.1, -0.05) is 25.7 Å². The quantitative estimate of drug-likeness (QED) is 0.754. The molecule has 1 aliphatic heterocycles. The molecule has 18 heavy (non-hydrogen) atoms. The van der Waals surface area contributed by atoms with Crippen LogP contribution in [0.15, 0.2) is 0 Å². The number of nitrogens with zero attached hydrogens (tertiary/aromatic N) is 1. The van der Waals surface area contributed by atoms with Gasteiger partial charge in [-0.05, 0) is 51.0 Å². The van der Waals surface area contributed by atoms with Gasteiger partial charge in [0, 0.05) is 25.2 Å². The summed E-state index contributed by atoms with van der Waals surface area (Å²) in [6.07, 6.45) is 14.7. The number of hydrogen-bond donors (Lipinski definition) is 1. The van der Waals surface area contributed by atoms with Gasteiger partial charge in [0.15, 0.2) is 0 Å². The van der Waals surface area contributed by atoms with Crippen molar-refractivity contribution in [3.8, 4) is 0 Å². The normalized spacial score (nSPS) is 30.8. The van der Waals surface area contributed by atoms with Crippen LogP contribution < -0.4 is 5.32 Å². The summed E-state index contributed by atoms with van der Waals surface area (Å²) in [4.78, 5) is 2.85. The van der Waals surface area contributed by atoms with Crippen molar-refractivity contribution in [3.63, 3.8) is 0 Å². The molecule has 2 nitrogen and oxygen atoms in total. The lowest BCUT2D eigenvalue weighted by Gasteiger charge is -2.29. The second kappa shape index (κ2) is 6.38. The fraction of sp³-hybridized carbons (Fsp3) is 1.00. The first kappa shape index (κ1) is 12.9. The minimum Gasteiger partial charge on any atom is -0.313 e. The highest BCUT2D eigenvalue weighted by atomic mass is 15.2. The second-order valence-corrected chi connectivity index (χ2v) is 6.84. The standard InChI is InChI=1S/C16H30N2/c1-2-4-7-14(6-3-1)12-18(16-9-10-16)13-15-8-5-11-17-15/h14-17H,1-13H2. The summed E-state index contributed by atoms with van der Waals surface area (Å²) in [5, 5.41) is 3.68. The van der Waals surface area contributed by atoms with Gasteiger partial charge in [-0.3, -0.25) is 4.90 Å². The Balaban J connectivity index is 1.49. The largest absolute Gasteiger partial charge is 0.313 e. The molecule has 3 fully saturated rings. The number of nitrogens with one attached hydrogen (secondary N) is 1. The highest BCUT2D eigenvalue weighted by molar-refractivity contribution is 4.89. The molecule has 2 heteroatoms. The van der Waals surface area contributed by atoms with E-state index in [1.54, 1.807) is 0 Å². The minimum atomic E-state index is 0.802. The van der Waals surface area contributed by atoms with Gasteiger partial charge in [-0.25, -0.2) is 0 Å². The van der Waals surface area contributed by atoms with Crippen LogP contribution in [0.3, 0.4) is 0 Å². The van der Waals surface area contributed by atoms with Crippen LogP contribution in [0.2, 0.25) is 0 Å². The van der Waals surface area contributed by atoms with Gasteiger partial charge in [0.2, 0.25) is 0 Å². The summed E-state index contributed by atoms with van der Waals surface area (Å²) < 4.78 is 0. The number of rotatable bonds is 5. The average molecular weight is 250 g/mol. The second-order valence-electron chi connectivity index (χ2n) is 6.84. The molecule has 1 saturated heterocycles. The Labute approximate surface area is 113 Å². The molecule has 0 aromatic rings. The van der Waals surface area contributed by atoms with Crippen LogP contribution in [0.4, 0.5) is 0 Å². The van der Waals surface area contributed by atoms with Crippen LogP contribution in [0.5, 0.6) is 0 Å². The van der Waals surface area contributed by atoms with E-state index in [-0.39, 0.29) is 0 Å². The van der Waals surface area contributed by atoms with Crippen molar-refractivity contribution in [3.05, 3.63) is 0 Å². The lowest BCUT2D eigenvalue weighted by molar-refractivity contribution is 0.194. The number of hydrogen-bond acceptors (Lipinski definition) is 2. The van der Waals surface area contributed by atoms with Crippen LogP contribution in [-0.2, 0) is 0 Å². The molecule has 0 bridgehead atoms. The third-order valence-electron chi connectivity index (χ3n) is 5.15. The first-order chi connectivity index (χ1) is 8.92. The molecule has 0 amide bonds. The van der Waals surface area contributed by atoms with E-state index in [1.807, 2.05) is 0 Å². The molecule has 104 valence electrons. The van der Waals surface area contributed by atoms with Gasteiger partial charge < -0.3 is 5.32 Å². The molecule has 0 aromatic heterocycles. The zero-order valence-electron chi connectivity index (χ0n) is 11.9. The Morgan fingerprint density at radius 2 is 1.56 bits per heavy atom. The summed E-state index contributed by atoms with van der Waals surface area (Å²) >= 11 is 0.